The number of nitrogens with zero attached hydrogens (tertiary/aromatic N) is 1. The Balaban J connectivity index is 1.45. The molecule has 1 unspecified atom stereocenters. The first kappa shape index (κ1) is 24.9. The molecule has 1 aliphatic carbocycles. The molecule has 37 heavy (non-hydrogen) atoms. The highest BCUT2D eigenvalue weighted by atomic mass is 32.1. The number of nitrogen functional groups attached to an aromatic ring is 1. The number of carbonyl (C=O) groups excluding carboxylic acids is 3. The number of aryl methyl sites for hydroxylation is 1. The molecule has 1 aromatic carbocycles. The van der Waals surface area contributed by atoms with Crippen LogP contribution in [0.15, 0.2) is 36.4 Å². The van der Waals surface area contributed by atoms with Crippen LogP contribution in [0.3, 0.4) is 0 Å². The summed E-state index contributed by atoms with van der Waals surface area (Å²) in [6.45, 7) is 3.48. The van der Waals surface area contributed by atoms with Crippen molar-refractivity contribution in [1.29, 1.82) is 0 Å². The lowest BCUT2D eigenvalue weighted by Crippen LogP contribution is -2.17. The fourth-order valence-corrected chi connectivity index (χ4v) is 6.91. The van der Waals surface area contributed by atoms with Gasteiger partial charge < -0.3 is 21.5 Å². The number of carbonyl (C=O) groups is 3. The van der Waals surface area contributed by atoms with Gasteiger partial charge >= 0.3 is 5.97 Å². The van der Waals surface area contributed by atoms with E-state index in [2.05, 4.69) is 35.6 Å². The number of pyridine rings is 1. The predicted molar refractivity (Wildman–Crippen MR) is 147 cm³/mol. The molecule has 0 saturated carbocycles. The van der Waals surface area contributed by atoms with E-state index in [-0.39, 0.29) is 22.0 Å². The molecule has 5 rings (SSSR count). The van der Waals surface area contributed by atoms with E-state index in [1.165, 1.54) is 16.9 Å². The Kier molecular flexibility index (Phi) is 6.70. The third-order valence-corrected chi connectivity index (χ3v) is 8.95. The standard InChI is InChI=1S/C27H26N4O4S2/c1-3-35-27(34)21-13(2)19(23(29)32)26(36-21)31-24(33)22-20(28)17-12-16-11-15(14-7-5-4-6-8-14)9-10-18(16)30-25(17)37-22/h4-8,12,15H,3,9-11,28H2,1-2H3,(H2,29,32)(H,31,33). The van der Waals surface area contributed by atoms with E-state index >= 15 is 0 Å². The highest BCUT2D eigenvalue weighted by Gasteiger charge is 2.28. The molecular weight excluding hydrogens is 508 g/mol. The molecular formula is C27H26N4O4S2. The second-order valence-electron chi connectivity index (χ2n) is 8.94. The fourth-order valence-electron chi connectivity index (χ4n) is 4.82. The smallest absolute Gasteiger partial charge is 0.348 e. The van der Waals surface area contributed by atoms with Crippen molar-refractivity contribution < 1.29 is 19.1 Å². The third kappa shape index (κ3) is 4.58. The molecule has 0 radical (unpaired) electrons. The van der Waals surface area contributed by atoms with Crippen LogP contribution in [0.1, 0.15) is 71.3 Å². The van der Waals surface area contributed by atoms with Gasteiger partial charge in [0.25, 0.3) is 11.8 Å². The summed E-state index contributed by atoms with van der Waals surface area (Å²) in [6, 6.07) is 12.5. The topological polar surface area (TPSA) is 137 Å². The van der Waals surface area contributed by atoms with Gasteiger partial charge in [0, 0.05) is 11.1 Å². The average Bonchev–Trinajstić information content (AvgIpc) is 3.39. The average molecular weight is 535 g/mol. The molecule has 8 nitrogen and oxygen atoms in total. The molecule has 10 heteroatoms. The highest BCUT2D eigenvalue weighted by molar-refractivity contribution is 7.21. The number of anilines is 2. The van der Waals surface area contributed by atoms with Crippen LogP contribution in [0, 0.1) is 6.92 Å². The number of amides is 2. The second kappa shape index (κ2) is 9.95. The molecule has 2 amide bonds. The Morgan fingerprint density at radius 3 is 2.62 bits per heavy atom. The zero-order valence-corrected chi connectivity index (χ0v) is 22.1. The number of primary amides is 1. The van der Waals surface area contributed by atoms with Crippen LogP contribution >= 0.6 is 22.7 Å². The fraction of sp³-hybridized carbons (Fsp3) is 0.259. The van der Waals surface area contributed by atoms with Crippen molar-refractivity contribution >= 4 is 61.4 Å². The SMILES string of the molecule is CCOC(=O)c1sc(NC(=O)c2sc3nc4c(cc3c2N)CC(c2ccccc2)CC4)c(C(N)=O)c1C. The quantitative estimate of drug-likeness (QED) is 0.296. The largest absolute Gasteiger partial charge is 0.462 e. The minimum atomic E-state index is -0.744. The number of ether oxygens (including phenoxy) is 1. The molecule has 4 aromatic rings. The van der Waals surface area contributed by atoms with Crippen molar-refractivity contribution in [3.8, 4) is 0 Å². The van der Waals surface area contributed by atoms with Crippen LogP contribution < -0.4 is 16.8 Å². The molecule has 0 aliphatic heterocycles. The number of fused-ring (bicyclic) bond motifs is 2. The van der Waals surface area contributed by atoms with Crippen LogP contribution in [0.2, 0.25) is 0 Å². The van der Waals surface area contributed by atoms with E-state index in [4.69, 9.17) is 21.2 Å². The summed E-state index contributed by atoms with van der Waals surface area (Å²) in [5, 5.41) is 3.67. The first-order valence-corrected chi connectivity index (χ1v) is 13.6. The van der Waals surface area contributed by atoms with Crippen LogP contribution in [0.25, 0.3) is 10.2 Å². The van der Waals surface area contributed by atoms with Crippen molar-refractivity contribution in [3.05, 3.63) is 74.1 Å². The first-order chi connectivity index (χ1) is 17.8. The number of nitrogens with one attached hydrogen (secondary N) is 1. The lowest BCUT2D eigenvalue weighted by atomic mass is 9.82. The summed E-state index contributed by atoms with van der Waals surface area (Å²) in [7, 11) is 0. The van der Waals surface area contributed by atoms with Crippen molar-refractivity contribution in [2.45, 2.75) is 39.0 Å². The van der Waals surface area contributed by atoms with Crippen molar-refractivity contribution in [1.82, 2.24) is 4.98 Å². The summed E-state index contributed by atoms with van der Waals surface area (Å²) in [4.78, 5) is 43.8. The molecule has 0 bridgehead atoms. The maximum absolute atomic E-state index is 13.3. The number of esters is 1. The summed E-state index contributed by atoms with van der Waals surface area (Å²) >= 11 is 2.17. The molecule has 1 atom stereocenters. The zero-order chi connectivity index (χ0) is 26.3. The number of hydrogen-bond donors (Lipinski definition) is 3. The summed E-state index contributed by atoms with van der Waals surface area (Å²) in [5.41, 5.74) is 16.3. The summed E-state index contributed by atoms with van der Waals surface area (Å²) in [6.07, 6.45) is 2.74. The Labute approximate surface area is 221 Å². The van der Waals surface area contributed by atoms with E-state index in [0.717, 1.165) is 47.2 Å². The van der Waals surface area contributed by atoms with E-state index in [1.807, 2.05) is 6.07 Å². The van der Waals surface area contributed by atoms with Gasteiger partial charge in [-0.15, -0.1) is 22.7 Å². The van der Waals surface area contributed by atoms with Crippen LogP contribution in [0.5, 0.6) is 0 Å². The minimum Gasteiger partial charge on any atom is -0.462 e. The van der Waals surface area contributed by atoms with Crippen LogP contribution in [-0.4, -0.2) is 29.4 Å². The van der Waals surface area contributed by atoms with Gasteiger partial charge in [0.05, 0.1) is 17.9 Å². The van der Waals surface area contributed by atoms with Gasteiger partial charge in [0.2, 0.25) is 0 Å². The van der Waals surface area contributed by atoms with Crippen molar-refractivity contribution in [3.63, 3.8) is 0 Å². The van der Waals surface area contributed by atoms with E-state index < -0.39 is 17.8 Å². The predicted octanol–water partition coefficient (Wildman–Crippen LogP) is 5.05. The molecule has 190 valence electrons. The highest BCUT2D eigenvalue weighted by Crippen LogP contribution is 2.40. The molecule has 0 saturated heterocycles. The molecule has 3 heterocycles. The number of rotatable bonds is 6. The molecule has 1 aliphatic rings. The van der Waals surface area contributed by atoms with Gasteiger partial charge in [-0.1, -0.05) is 30.3 Å². The number of thiophene rings is 2. The Morgan fingerprint density at radius 2 is 1.92 bits per heavy atom. The van der Waals surface area contributed by atoms with Crippen LogP contribution in [-0.2, 0) is 17.6 Å². The van der Waals surface area contributed by atoms with Crippen molar-refractivity contribution in [2.24, 2.45) is 5.73 Å². The van der Waals surface area contributed by atoms with Gasteiger partial charge in [0.15, 0.2) is 0 Å². The molecule has 0 spiro atoms. The monoisotopic (exact) mass is 534 g/mol. The number of aromatic nitrogens is 1. The van der Waals surface area contributed by atoms with Crippen LogP contribution in [0.4, 0.5) is 10.7 Å². The van der Waals surface area contributed by atoms with Gasteiger partial charge in [0.1, 0.15) is 19.6 Å². The lowest BCUT2D eigenvalue weighted by Gasteiger charge is -2.24. The lowest BCUT2D eigenvalue weighted by molar-refractivity contribution is 0.0531. The number of hydrogen-bond acceptors (Lipinski definition) is 8. The number of benzene rings is 1. The molecule has 3 aromatic heterocycles. The molecule has 5 N–H and O–H groups in total. The maximum atomic E-state index is 13.3. The molecule has 0 fully saturated rings. The second-order valence-corrected chi connectivity index (χ2v) is 11.0. The van der Waals surface area contributed by atoms with Gasteiger partial charge in [-0.05, 0) is 61.8 Å². The van der Waals surface area contributed by atoms with E-state index in [1.54, 1.807) is 13.8 Å². The minimum absolute atomic E-state index is 0.0848. The van der Waals surface area contributed by atoms with E-state index in [0.29, 0.717) is 26.9 Å². The van der Waals surface area contributed by atoms with Gasteiger partial charge in [-0.25, -0.2) is 9.78 Å². The maximum Gasteiger partial charge on any atom is 0.348 e. The zero-order valence-electron chi connectivity index (χ0n) is 20.4. The summed E-state index contributed by atoms with van der Waals surface area (Å²) < 4.78 is 5.07. The Morgan fingerprint density at radius 1 is 1.16 bits per heavy atom. The van der Waals surface area contributed by atoms with Gasteiger partial charge in [-0.3, -0.25) is 9.59 Å². The normalized spacial score (nSPS) is 14.8. The third-order valence-electron chi connectivity index (χ3n) is 6.64. The number of nitrogens with two attached hydrogens (primary N) is 2. The Bertz CT molecular complexity index is 1540. The van der Waals surface area contributed by atoms with Gasteiger partial charge in [-0.2, -0.15) is 0 Å². The van der Waals surface area contributed by atoms with Crippen molar-refractivity contribution in [2.75, 3.05) is 17.7 Å². The summed E-state index contributed by atoms with van der Waals surface area (Å²) in [5.74, 6) is -1.39. The van der Waals surface area contributed by atoms with E-state index in [9.17, 15) is 14.4 Å². The Hall–Kier alpha value is -3.76. The first-order valence-electron chi connectivity index (χ1n) is 12.0.